The highest BCUT2D eigenvalue weighted by Crippen LogP contribution is 2.29. The largest absolute Gasteiger partial charge is 0.491 e. The van der Waals surface area contributed by atoms with Crippen molar-refractivity contribution in [2.24, 2.45) is 0 Å². The standard InChI is InChI=1S/C20H22O6/c1-2-20(21)24-11-9-22-8-10-23-19-5-3-4-15-12-16(6-7-18(15)19)25-13-17-14-26-17/h2-7,12,17H,1,8-11,13-14H2. The van der Waals surface area contributed by atoms with Gasteiger partial charge in [0, 0.05) is 11.5 Å². The normalized spacial score (nSPS) is 15.5. The van der Waals surface area contributed by atoms with Crippen molar-refractivity contribution in [1.82, 2.24) is 0 Å². The maximum Gasteiger partial charge on any atom is 0.330 e. The van der Waals surface area contributed by atoms with Crippen molar-refractivity contribution in [1.29, 1.82) is 0 Å². The second-order valence-corrected chi connectivity index (χ2v) is 5.74. The van der Waals surface area contributed by atoms with Gasteiger partial charge in [-0.15, -0.1) is 0 Å². The van der Waals surface area contributed by atoms with Gasteiger partial charge < -0.3 is 23.7 Å². The Bertz CT molecular complexity index is 753. The first kappa shape index (κ1) is 18.2. The van der Waals surface area contributed by atoms with E-state index in [1.54, 1.807) is 0 Å². The van der Waals surface area contributed by atoms with E-state index in [4.69, 9.17) is 23.7 Å². The zero-order valence-electron chi connectivity index (χ0n) is 14.5. The molecule has 2 aromatic carbocycles. The van der Waals surface area contributed by atoms with Gasteiger partial charge in [-0.25, -0.2) is 4.79 Å². The predicted octanol–water partition coefficient (Wildman–Crippen LogP) is 2.74. The number of carbonyl (C=O) groups is 1. The number of esters is 1. The van der Waals surface area contributed by atoms with E-state index in [2.05, 4.69) is 6.58 Å². The fourth-order valence-corrected chi connectivity index (χ4v) is 2.37. The van der Waals surface area contributed by atoms with Gasteiger partial charge in [0.15, 0.2) is 0 Å². The molecule has 0 radical (unpaired) electrons. The lowest BCUT2D eigenvalue weighted by atomic mass is 10.1. The van der Waals surface area contributed by atoms with E-state index < -0.39 is 5.97 Å². The van der Waals surface area contributed by atoms with Gasteiger partial charge in [-0.3, -0.25) is 0 Å². The third-order valence-corrected chi connectivity index (χ3v) is 3.77. The summed E-state index contributed by atoms with van der Waals surface area (Å²) in [6, 6.07) is 11.8. The van der Waals surface area contributed by atoms with Crippen molar-refractivity contribution in [3.8, 4) is 11.5 Å². The van der Waals surface area contributed by atoms with Gasteiger partial charge in [-0.05, 0) is 29.7 Å². The number of hydrogen-bond donors (Lipinski definition) is 0. The van der Waals surface area contributed by atoms with Gasteiger partial charge in [-0.2, -0.15) is 0 Å². The van der Waals surface area contributed by atoms with Crippen molar-refractivity contribution in [3.05, 3.63) is 49.1 Å². The minimum absolute atomic E-state index is 0.202. The van der Waals surface area contributed by atoms with E-state index in [0.29, 0.717) is 26.4 Å². The molecule has 0 N–H and O–H groups in total. The van der Waals surface area contributed by atoms with Crippen molar-refractivity contribution < 1.29 is 28.5 Å². The number of epoxide rings is 1. The van der Waals surface area contributed by atoms with E-state index >= 15 is 0 Å². The van der Waals surface area contributed by atoms with Crippen LogP contribution in [0.3, 0.4) is 0 Å². The van der Waals surface area contributed by atoms with E-state index in [9.17, 15) is 4.79 Å². The Balaban J connectivity index is 1.45. The molecule has 26 heavy (non-hydrogen) atoms. The Labute approximate surface area is 152 Å². The van der Waals surface area contributed by atoms with Crippen LogP contribution in [0, 0.1) is 0 Å². The van der Waals surface area contributed by atoms with Crippen LogP contribution >= 0.6 is 0 Å². The third-order valence-electron chi connectivity index (χ3n) is 3.77. The van der Waals surface area contributed by atoms with Crippen LogP contribution in [0.4, 0.5) is 0 Å². The number of ether oxygens (including phenoxy) is 5. The highest BCUT2D eigenvalue weighted by molar-refractivity contribution is 5.89. The summed E-state index contributed by atoms with van der Waals surface area (Å²) < 4.78 is 26.9. The molecule has 1 unspecified atom stereocenters. The van der Waals surface area contributed by atoms with Crippen LogP contribution in [0.15, 0.2) is 49.1 Å². The van der Waals surface area contributed by atoms with Crippen LogP contribution in [0.1, 0.15) is 0 Å². The minimum atomic E-state index is -0.450. The molecule has 1 aliphatic heterocycles. The molecule has 0 saturated carbocycles. The van der Waals surface area contributed by atoms with Crippen LogP contribution in [0.5, 0.6) is 11.5 Å². The van der Waals surface area contributed by atoms with Crippen molar-refractivity contribution in [3.63, 3.8) is 0 Å². The predicted molar refractivity (Wildman–Crippen MR) is 96.7 cm³/mol. The maximum atomic E-state index is 10.9. The molecule has 138 valence electrons. The summed E-state index contributed by atoms with van der Waals surface area (Å²) >= 11 is 0. The summed E-state index contributed by atoms with van der Waals surface area (Å²) in [5.74, 6) is 1.16. The quantitative estimate of drug-likeness (QED) is 0.266. The maximum absolute atomic E-state index is 10.9. The first-order chi connectivity index (χ1) is 12.8. The molecule has 0 bridgehead atoms. The average molecular weight is 358 g/mol. The zero-order valence-corrected chi connectivity index (χ0v) is 14.5. The smallest absolute Gasteiger partial charge is 0.330 e. The SMILES string of the molecule is C=CC(=O)OCCOCCOc1cccc2cc(OCC3CO3)ccc12. The van der Waals surface area contributed by atoms with Crippen molar-refractivity contribution in [2.75, 3.05) is 39.6 Å². The van der Waals surface area contributed by atoms with Gasteiger partial charge >= 0.3 is 5.97 Å². The second-order valence-electron chi connectivity index (χ2n) is 5.74. The second kappa shape index (κ2) is 9.22. The van der Waals surface area contributed by atoms with Gasteiger partial charge in [-0.1, -0.05) is 18.7 Å². The molecule has 0 aliphatic carbocycles. The number of carbonyl (C=O) groups excluding carboxylic acids is 1. The molecule has 1 saturated heterocycles. The van der Waals surface area contributed by atoms with Crippen LogP contribution in [-0.2, 0) is 19.0 Å². The lowest BCUT2D eigenvalue weighted by molar-refractivity contribution is -0.139. The van der Waals surface area contributed by atoms with E-state index in [0.717, 1.165) is 35.0 Å². The van der Waals surface area contributed by atoms with Gasteiger partial charge in [0.05, 0.1) is 19.8 Å². The molecule has 1 heterocycles. The topological polar surface area (TPSA) is 66.5 Å². The summed E-state index contributed by atoms with van der Waals surface area (Å²) in [7, 11) is 0. The van der Waals surface area contributed by atoms with Crippen LogP contribution < -0.4 is 9.47 Å². The molecule has 0 spiro atoms. The van der Waals surface area contributed by atoms with E-state index in [-0.39, 0.29) is 12.7 Å². The number of hydrogen-bond acceptors (Lipinski definition) is 6. The molecule has 1 fully saturated rings. The minimum Gasteiger partial charge on any atom is -0.491 e. The van der Waals surface area contributed by atoms with Crippen LogP contribution in [0.2, 0.25) is 0 Å². The summed E-state index contributed by atoms with van der Waals surface area (Å²) in [6.45, 7) is 6.03. The zero-order chi connectivity index (χ0) is 18.2. The summed E-state index contributed by atoms with van der Waals surface area (Å²) in [5.41, 5.74) is 0. The molecule has 3 rings (SSSR count). The van der Waals surface area contributed by atoms with Crippen LogP contribution in [-0.4, -0.2) is 51.7 Å². The molecule has 2 aromatic rings. The highest BCUT2D eigenvalue weighted by Gasteiger charge is 2.23. The molecular weight excluding hydrogens is 336 g/mol. The molecule has 0 amide bonds. The Morgan fingerprint density at radius 2 is 2.00 bits per heavy atom. The lowest BCUT2D eigenvalue weighted by Gasteiger charge is -2.11. The molecule has 1 aliphatic rings. The Hall–Kier alpha value is -2.57. The van der Waals surface area contributed by atoms with Gasteiger partial charge in [0.2, 0.25) is 0 Å². The van der Waals surface area contributed by atoms with Gasteiger partial charge in [0.1, 0.15) is 37.4 Å². The van der Waals surface area contributed by atoms with Crippen molar-refractivity contribution >= 4 is 16.7 Å². The van der Waals surface area contributed by atoms with Crippen molar-refractivity contribution in [2.45, 2.75) is 6.10 Å². The lowest BCUT2D eigenvalue weighted by Crippen LogP contribution is -2.12. The average Bonchev–Trinajstić information content (AvgIpc) is 3.49. The summed E-state index contributed by atoms with van der Waals surface area (Å²) in [6.07, 6.45) is 1.36. The number of rotatable bonds is 11. The Kier molecular flexibility index (Phi) is 6.46. The molecule has 1 atom stereocenters. The fourth-order valence-electron chi connectivity index (χ4n) is 2.37. The van der Waals surface area contributed by atoms with Crippen LogP contribution in [0.25, 0.3) is 10.8 Å². The first-order valence-corrected chi connectivity index (χ1v) is 8.53. The monoisotopic (exact) mass is 358 g/mol. The number of fused-ring (bicyclic) bond motifs is 1. The van der Waals surface area contributed by atoms with Gasteiger partial charge in [0.25, 0.3) is 0 Å². The van der Waals surface area contributed by atoms with E-state index in [1.807, 2.05) is 36.4 Å². The number of benzene rings is 2. The fraction of sp³-hybridized carbons (Fsp3) is 0.350. The van der Waals surface area contributed by atoms with E-state index in [1.165, 1.54) is 0 Å². The molecular formula is C20H22O6. The Morgan fingerprint density at radius 1 is 1.15 bits per heavy atom. The molecule has 6 nitrogen and oxygen atoms in total. The third kappa shape index (κ3) is 5.47. The molecule has 0 aromatic heterocycles. The highest BCUT2D eigenvalue weighted by atomic mass is 16.6. The summed E-state index contributed by atoms with van der Waals surface area (Å²) in [5, 5.41) is 2.07. The molecule has 6 heteroatoms. The first-order valence-electron chi connectivity index (χ1n) is 8.53. The summed E-state index contributed by atoms with van der Waals surface area (Å²) in [4.78, 5) is 10.9. The Morgan fingerprint density at radius 3 is 2.81 bits per heavy atom.